The first-order valence-electron chi connectivity index (χ1n) is 6.13. The fourth-order valence-corrected chi connectivity index (χ4v) is 2.60. The van der Waals surface area contributed by atoms with Crippen LogP contribution in [0.5, 0.6) is 5.75 Å². The topological polar surface area (TPSA) is 32.7 Å². The van der Waals surface area contributed by atoms with Crippen LogP contribution in [-0.4, -0.2) is 36.8 Å². The predicted octanol–water partition coefficient (Wildman–Crippen LogP) is 2.00. The molecule has 2 atom stereocenters. The second-order valence-electron chi connectivity index (χ2n) is 5.02. The highest BCUT2D eigenvalue weighted by atomic mass is 16.5. The zero-order valence-electron chi connectivity index (χ0n) is 10.8. The number of hydrogen-bond donors (Lipinski definition) is 1. The lowest BCUT2D eigenvalue weighted by Crippen LogP contribution is -2.46. The molecular formula is C14H21NO2. The summed E-state index contributed by atoms with van der Waals surface area (Å²) < 4.78 is 5.35. The number of piperidine rings is 1. The van der Waals surface area contributed by atoms with Gasteiger partial charge in [-0.2, -0.15) is 0 Å². The summed E-state index contributed by atoms with van der Waals surface area (Å²) in [5.74, 6) is 0.784. The summed E-state index contributed by atoms with van der Waals surface area (Å²) in [6.45, 7) is 3.06. The molecule has 3 heteroatoms. The van der Waals surface area contributed by atoms with Gasteiger partial charge in [-0.3, -0.25) is 0 Å². The molecule has 0 aromatic heterocycles. The Morgan fingerprint density at radius 1 is 1.41 bits per heavy atom. The van der Waals surface area contributed by atoms with Crippen molar-refractivity contribution in [2.45, 2.75) is 31.4 Å². The first-order chi connectivity index (χ1) is 8.07. The highest BCUT2D eigenvalue weighted by Crippen LogP contribution is 2.39. The van der Waals surface area contributed by atoms with Gasteiger partial charge in [0.25, 0.3) is 0 Å². The minimum atomic E-state index is -0.751. The first kappa shape index (κ1) is 12.4. The first-order valence-corrected chi connectivity index (χ1v) is 6.13. The van der Waals surface area contributed by atoms with Crippen molar-refractivity contribution in [1.82, 2.24) is 4.90 Å². The van der Waals surface area contributed by atoms with Crippen molar-refractivity contribution >= 4 is 0 Å². The van der Waals surface area contributed by atoms with Crippen molar-refractivity contribution in [3.63, 3.8) is 0 Å². The molecule has 1 fully saturated rings. The molecule has 1 N–H and O–H groups in total. The lowest BCUT2D eigenvalue weighted by molar-refractivity contribution is -0.0422. The fourth-order valence-electron chi connectivity index (χ4n) is 2.60. The summed E-state index contributed by atoms with van der Waals surface area (Å²) >= 11 is 0. The quantitative estimate of drug-likeness (QED) is 0.851. The van der Waals surface area contributed by atoms with E-state index in [9.17, 15) is 5.11 Å². The molecule has 1 aromatic rings. The zero-order chi connectivity index (χ0) is 12.5. The Hall–Kier alpha value is -1.06. The van der Waals surface area contributed by atoms with E-state index in [1.54, 1.807) is 7.11 Å². The number of aliphatic hydroxyl groups is 1. The molecule has 0 radical (unpaired) electrons. The molecule has 2 rings (SSSR count). The highest BCUT2D eigenvalue weighted by molar-refractivity contribution is 5.38. The summed E-state index contributed by atoms with van der Waals surface area (Å²) in [7, 11) is 3.76. The maximum absolute atomic E-state index is 10.8. The number of para-hydroxylation sites is 1. The van der Waals surface area contributed by atoms with Gasteiger partial charge in [0.2, 0.25) is 0 Å². The second kappa shape index (κ2) is 4.67. The average Bonchev–Trinajstić information content (AvgIpc) is 2.34. The minimum absolute atomic E-state index is 0.388. The van der Waals surface area contributed by atoms with Crippen LogP contribution in [0.15, 0.2) is 24.3 Å². The Bertz CT molecular complexity index is 394. The molecule has 0 spiro atoms. The van der Waals surface area contributed by atoms with Crippen LogP contribution in [0.4, 0.5) is 0 Å². The van der Waals surface area contributed by atoms with Crippen LogP contribution in [0.2, 0.25) is 0 Å². The van der Waals surface area contributed by atoms with Crippen LogP contribution in [-0.2, 0) is 5.60 Å². The third kappa shape index (κ3) is 2.31. The maximum Gasteiger partial charge on any atom is 0.124 e. The molecule has 17 heavy (non-hydrogen) atoms. The summed E-state index contributed by atoms with van der Waals surface area (Å²) in [6.07, 6.45) is 1.51. The van der Waals surface area contributed by atoms with Gasteiger partial charge >= 0.3 is 0 Å². The summed E-state index contributed by atoms with van der Waals surface area (Å²) in [6, 6.07) is 8.16. The molecule has 1 aromatic carbocycles. The van der Waals surface area contributed by atoms with Gasteiger partial charge in [0.05, 0.1) is 12.7 Å². The van der Waals surface area contributed by atoms with Crippen LogP contribution in [0.1, 0.15) is 25.3 Å². The summed E-state index contributed by atoms with van der Waals surface area (Å²) in [5, 5.41) is 10.8. The molecule has 3 nitrogen and oxygen atoms in total. The van der Waals surface area contributed by atoms with Gasteiger partial charge in [-0.25, -0.2) is 0 Å². The SMILES string of the molecule is COc1ccccc1C1(O)CCN(C)C(C)C1. The van der Waals surface area contributed by atoms with Crippen LogP contribution >= 0.6 is 0 Å². The average molecular weight is 235 g/mol. The highest BCUT2D eigenvalue weighted by Gasteiger charge is 2.38. The zero-order valence-corrected chi connectivity index (χ0v) is 10.8. The van der Waals surface area contributed by atoms with Crippen LogP contribution in [0.25, 0.3) is 0 Å². The normalized spacial score (nSPS) is 30.2. The van der Waals surface area contributed by atoms with E-state index in [1.807, 2.05) is 24.3 Å². The lowest BCUT2D eigenvalue weighted by atomic mass is 9.81. The third-order valence-corrected chi connectivity index (χ3v) is 3.87. The molecule has 94 valence electrons. The summed E-state index contributed by atoms with van der Waals surface area (Å²) in [4.78, 5) is 2.28. The van der Waals surface area contributed by atoms with Crippen molar-refractivity contribution in [2.24, 2.45) is 0 Å². The molecular weight excluding hydrogens is 214 g/mol. The number of rotatable bonds is 2. The number of benzene rings is 1. The Morgan fingerprint density at radius 2 is 2.12 bits per heavy atom. The van der Waals surface area contributed by atoms with E-state index in [0.29, 0.717) is 6.04 Å². The van der Waals surface area contributed by atoms with E-state index in [-0.39, 0.29) is 0 Å². The number of hydrogen-bond acceptors (Lipinski definition) is 3. The molecule has 1 saturated heterocycles. The van der Waals surface area contributed by atoms with Crippen molar-refractivity contribution in [3.05, 3.63) is 29.8 Å². The van der Waals surface area contributed by atoms with E-state index < -0.39 is 5.60 Å². The molecule has 1 aliphatic heterocycles. The van der Waals surface area contributed by atoms with Gasteiger partial charge in [-0.15, -0.1) is 0 Å². The predicted molar refractivity (Wildman–Crippen MR) is 68.2 cm³/mol. The van der Waals surface area contributed by atoms with Crippen molar-refractivity contribution < 1.29 is 9.84 Å². The summed E-state index contributed by atoms with van der Waals surface area (Å²) in [5.41, 5.74) is 0.167. The van der Waals surface area contributed by atoms with Gasteiger partial charge in [0.1, 0.15) is 5.75 Å². The van der Waals surface area contributed by atoms with Gasteiger partial charge < -0.3 is 14.7 Å². The largest absolute Gasteiger partial charge is 0.496 e. The molecule has 0 amide bonds. The van der Waals surface area contributed by atoms with Gasteiger partial charge in [-0.05, 0) is 32.9 Å². The molecule has 0 bridgehead atoms. The van der Waals surface area contributed by atoms with Gasteiger partial charge in [0.15, 0.2) is 0 Å². The Balaban J connectivity index is 2.32. The van der Waals surface area contributed by atoms with Crippen LogP contribution < -0.4 is 4.74 Å². The van der Waals surface area contributed by atoms with E-state index in [0.717, 1.165) is 30.7 Å². The molecule has 1 heterocycles. The van der Waals surface area contributed by atoms with E-state index in [1.165, 1.54) is 0 Å². The van der Waals surface area contributed by atoms with Gasteiger partial charge in [-0.1, -0.05) is 18.2 Å². The molecule has 0 saturated carbocycles. The van der Waals surface area contributed by atoms with E-state index in [2.05, 4.69) is 18.9 Å². The minimum Gasteiger partial charge on any atom is -0.496 e. The van der Waals surface area contributed by atoms with E-state index in [4.69, 9.17) is 4.74 Å². The Kier molecular flexibility index (Phi) is 3.40. The standard InChI is InChI=1S/C14H21NO2/c1-11-10-14(16,8-9-15(11)2)12-6-4-5-7-13(12)17-3/h4-7,11,16H,8-10H2,1-3H3. The van der Waals surface area contributed by atoms with Crippen molar-refractivity contribution in [2.75, 3.05) is 20.7 Å². The molecule has 2 unspecified atom stereocenters. The smallest absolute Gasteiger partial charge is 0.124 e. The molecule has 1 aliphatic rings. The maximum atomic E-state index is 10.8. The van der Waals surface area contributed by atoms with Gasteiger partial charge in [0, 0.05) is 18.2 Å². The molecule has 0 aliphatic carbocycles. The number of ether oxygens (including phenoxy) is 1. The van der Waals surface area contributed by atoms with Crippen LogP contribution in [0.3, 0.4) is 0 Å². The lowest BCUT2D eigenvalue weighted by Gasteiger charge is -2.41. The second-order valence-corrected chi connectivity index (χ2v) is 5.02. The number of methoxy groups -OCH3 is 1. The Labute approximate surface area is 103 Å². The van der Waals surface area contributed by atoms with Crippen molar-refractivity contribution in [1.29, 1.82) is 0 Å². The Morgan fingerprint density at radius 3 is 2.76 bits per heavy atom. The number of likely N-dealkylation sites (tertiary alicyclic amines) is 1. The number of nitrogens with zero attached hydrogens (tertiary/aromatic N) is 1. The third-order valence-electron chi connectivity index (χ3n) is 3.87. The fraction of sp³-hybridized carbons (Fsp3) is 0.571. The monoisotopic (exact) mass is 235 g/mol. The van der Waals surface area contributed by atoms with E-state index >= 15 is 0 Å². The van der Waals surface area contributed by atoms with Crippen LogP contribution in [0, 0.1) is 0 Å². The van der Waals surface area contributed by atoms with Crippen molar-refractivity contribution in [3.8, 4) is 5.75 Å².